The van der Waals surface area contributed by atoms with Crippen molar-refractivity contribution in [1.29, 1.82) is 0 Å². The van der Waals surface area contributed by atoms with Crippen molar-refractivity contribution in [2.24, 2.45) is 0 Å². The molecule has 3 nitrogen and oxygen atoms in total. The highest BCUT2D eigenvalue weighted by atomic mass is 15.1. The molecule has 7 aromatic rings. The van der Waals surface area contributed by atoms with Gasteiger partial charge in [0.05, 0.1) is 11.2 Å². The minimum atomic E-state index is 0.839. The number of fused-ring (bicyclic) bond motifs is 4. The van der Waals surface area contributed by atoms with E-state index in [2.05, 4.69) is 162 Å². The summed E-state index contributed by atoms with van der Waals surface area (Å²) >= 11 is 0. The van der Waals surface area contributed by atoms with Gasteiger partial charge in [0.2, 0.25) is 0 Å². The SMILES string of the molecule is C1=Cc2ccc3cc(-c4ccc5cc(-c6ccc(N(c7ccccc7)c7ccccc7)cc6)ccc5c4)cnc3c2NC1. The van der Waals surface area contributed by atoms with Crippen molar-refractivity contribution >= 4 is 50.5 Å². The fraction of sp³-hybridized carbons (Fsp3) is 0.0250. The first-order valence-electron chi connectivity index (χ1n) is 14.7. The molecule has 0 bridgehead atoms. The molecular weight excluding hydrogens is 522 g/mol. The van der Waals surface area contributed by atoms with Gasteiger partial charge in [-0.1, -0.05) is 97.1 Å². The summed E-state index contributed by atoms with van der Waals surface area (Å²) in [7, 11) is 0. The second-order valence-corrected chi connectivity index (χ2v) is 10.9. The van der Waals surface area contributed by atoms with E-state index in [1.165, 1.54) is 33.0 Å². The third-order valence-electron chi connectivity index (χ3n) is 8.24. The Kier molecular flexibility index (Phi) is 6.20. The summed E-state index contributed by atoms with van der Waals surface area (Å²) in [6, 6.07) is 49.9. The van der Waals surface area contributed by atoms with E-state index < -0.39 is 0 Å². The van der Waals surface area contributed by atoms with Crippen molar-refractivity contribution in [2.45, 2.75) is 0 Å². The lowest BCUT2D eigenvalue weighted by Crippen LogP contribution is -2.09. The molecule has 1 aliphatic heterocycles. The third-order valence-corrected chi connectivity index (χ3v) is 8.24. The lowest BCUT2D eigenvalue weighted by Gasteiger charge is -2.25. The summed E-state index contributed by atoms with van der Waals surface area (Å²) in [5.74, 6) is 0. The Morgan fingerprint density at radius 2 is 1.07 bits per heavy atom. The summed E-state index contributed by atoms with van der Waals surface area (Å²) in [4.78, 5) is 7.15. The van der Waals surface area contributed by atoms with Crippen molar-refractivity contribution < 1.29 is 0 Å². The summed E-state index contributed by atoms with van der Waals surface area (Å²) < 4.78 is 0. The second-order valence-electron chi connectivity index (χ2n) is 10.9. The Hall–Kier alpha value is -5.67. The standard InChI is InChI=1S/C40H29N3/c1-3-9-36(10-4-1)43(37-11-5-2-6-12-37)38-21-19-28(20-22-38)30-14-15-32-25-33(17-16-31(32)24-30)35-26-34-18-13-29-8-7-23-41-39(29)40(34)42-27-35/h1-22,24-27,41H,23H2. The quantitative estimate of drug-likeness (QED) is 0.231. The molecule has 0 atom stereocenters. The maximum atomic E-state index is 4.86. The van der Waals surface area contributed by atoms with Crippen molar-refractivity contribution in [3.8, 4) is 22.3 Å². The molecule has 0 saturated carbocycles. The predicted octanol–water partition coefficient (Wildman–Crippen LogP) is 10.6. The first-order chi connectivity index (χ1) is 21.3. The zero-order valence-corrected chi connectivity index (χ0v) is 23.6. The number of benzene rings is 6. The Balaban J connectivity index is 1.09. The van der Waals surface area contributed by atoms with E-state index in [-0.39, 0.29) is 0 Å². The number of pyridine rings is 1. The van der Waals surface area contributed by atoms with Crippen molar-refractivity contribution in [2.75, 3.05) is 16.8 Å². The molecule has 1 aromatic heterocycles. The zero-order valence-electron chi connectivity index (χ0n) is 23.6. The number of anilines is 4. The largest absolute Gasteiger partial charge is 0.379 e. The van der Waals surface area contributed by atoms with Gasteiger partial charge in [0.1, 0.15) is 0 Å². The number of rotatable bonds is 5. The van der Waals surface area contributed by atoms with E-state index in [1.807, 2.05) is 6.20 Å². The summed E-state index contributed by atoms with van der Waals surface area (Å²) in [6.07, 6.45) is 6.30. The molecule has 0 saturated heterocycles. The van der Waals surface area contributed by atoms with Crippen molar-refractivity contribution in [1.82, 2.24) is 4.98 Å². The highest BCUT2D eigenvalue weighted by Gasteiger charge is 2.13. The predicted molar refractivity (Wildman–Crippen MR) is 182 cm³/mol. The molecule has 0 aliphatic carbocycles. The van der Waals surface area contributed by atoms with E-state index >= 15 is 0 Å². The number of para-hydroxylation sites is 2. The monoisotopic (exact) mass is 551 g/mol. The van der Waals surface area contributed by atoms with Crippen LogP contribution in [-0.2, 0) is 0 Å². The Morgan fingerprint density at radius 3 is 1.74 bits per heavy atom. The van der Waals surface area contributed by atoms with Gasteiger partial charge in [0.25, 0.3) is 0 Å². The number of aromatic nitrogens is 1. The van der Waals surface area contributed by atoms with Crippen molar-refractivity contribution in [3.05, 3.63) is 157 Å². The molecule has 0 fully saturated rings. The average Bonchev–Trinajstić information content (AvgIpc) is 3.09. The van der Waals surface area contributed by atoms with Crippen LogP contribution in [0.25, 0.3) is 50.0 Å². The fourth-order valence-corrected chi connectivity index (χ4v) is 6.06. The number of hydrogen-bond donors (Lipinski definition) is 1. The molecule has 0 spiro atoms. The van der Waals surface area contributed by atoms with Crippen LogP contribution in [0.4, 0.5) is 22.7 Å². The van der Waals surface area contributed by atoms with Gasteiger partial charge in [-0.25, -0.2) is 0 Å². The van der Waals surface area contributed by atoms with Crippen LogP contribution in [0.3, 0.4) is 0 Å². The molecule has 204 valence electrons. The van der Waals surface area contributed by atoms with Crippen LogP contribution in [0.15, 0.2) is 152 Å². The van der Waals surface area contributed by atoms with Crippen LogP contribution in [0.5, 0.6) is 0 Å². The van der Waals surface area contributed by atoms with Gasteiger partial charge < -0.3 is 10.2 Å². The Morgan fingerprint density at radius 1 is 0.512 bits per heavy atom. The smallest absolute Gasteiger partial charge is 0.0939 e. The first-order valence-corrected chi connectivity index (χ1v) is 14.7. The van der Waals surface area contributed by atoms with Gasteiger partial charge in [-0.05, 0) is 87.6 Å². The van der Waals surface area contributed by atoms with Gasteiger partial charge in [-0.3, -0.25) is 4.98 Å². The molecule has 0 amide bonds. The number of nitrogens with zero attached hydrogens (tertiary/aromatic N) is 2. The van der Waals surface area contributed by atoms with E-state index in [1.54, 1.807) is 0 Å². The van der Waals surface area contributed by atoms with Gasteiger partial charge in [0.15, 0.2) is 0 Å². The van der Waals surface area contributed by atoms with Crippen LogP contribution in [0, 0.1) is 0 Å². The van der Waals surface area contributed by atoms with E-state index in [4.69, 9.17) is 4.98 Å². The highest BCUT2D eigenvalue weighted by molar-refractivity contribution is 5.98. The molecular formula is C40H29N3. The molecule has 6 aromatic carbocycles. The van der Waals surface area contributed by atoms with E-state index in [0.717, 1.165) is 45.8 Å². The summed E-state index contributed by atoms with van der Waals surface area (Å²) in [5, 5.41) is 7.07. The summed E-state index contributed by atoms with van der Waals surface area (Å²) in [6.45, 7) is 0.839. The number of hydrogen-bond acceptors (Lipinski definition) is 3. The average molecular weight is 552 g/mol. The van der Waals surface area contributed by atoms with Crippen LogP contribution in [-0.4, -0.2) is 11.5 Å². The Labute approximate surface area is 251 Å². The minimum Gasteiger partial charge on any atom is -0.379 e. The van der Waals surface area contributed by atoms with Gasteiger partial charge in [0, 0.05) is 40.8 Å². The van der Waals surface area contributed by atoms with E-state index in [0.29, 0.717) is 0 Å². The fourth-order valence-electron chi connectivity index (χ4n) is 6.06. The van der Waals surface area contributed by atoms with Gasteiger partial charge in [-0.15, -0.1) is 0 Å². The molecule has 2 heterocycles. The van der Waals surface area contributed by atoms with Gasteiger partial charge in [-0.2, -0.15) is 0 Å². The zero-order chi connectivity index (χ0) is 28.6. The normalized spacial score (nSPS) is 12.2. The molecule has 0 radical (unpaired) electrons. The number of nitrogens with one attached hydrogen (secondary N) is 1. The third kappa shape index (κ3) is 4.71. The molecule has 3 heteroatoms. The molecule has 8 rings (SSSR count). The maximum absolute atomic E-state index is 4.86. The lowest BCUT2D eigenvalue weighted by atomic mass is 9.97. The Bertz CT molecular complexity index is 2080. The van der Waals surface area contributed by atoms with Crippen LogP contribution in [0.1, 0.15) is 5.56 Å². The van der Waals surface area contributed by atoms with Gasteiger partial charge >= 0.3 is 0 Å². The van der Waals surface area contributed by atoms with Crippen LogP contribution >= 0.6 is 0 Å². The molecule has 43 heavy (non-hydrogen) atoms. The van der Waals surface area contributed by atoms with E-state index in [9.17, 15) is 0 Å². The topological polar surface area (TPSA) is 28.2 Å². The molecule has 1 N–H and O–H groups in total. The highest BCUT2D eigenvalue weighted by Crippen LogP contribution is 2.36. The lowest BCUT2D eigenvalue weighted by molar-refractivity contribution is 1.28. The van der Waals surface area contributed by atoms with Crippen molar-refractivity contribution in [3.63, 3.8) is 0 Å². The maximum Gasteiger partial charge on any atom is 0.0939 e. The minimum absolute atomic E-state index is 0.839. The first kappa shape index (κ1) is 25.1. The molecule has 0 unspecified atom stereocenters. The van der Waals surface area contributed by atoms with Crippen LogP contribution < -0.4 is 10.2 Å². The van der Waals surface area contributed by atoms with Crippen LogP contribution in [0.2, 0.25) is 0 Å². The second kappa shape index (κ2) is 10.6. The molecule has 1 aliphatic rings. The summed E-state index contributed by atoms with van der Waals surface area (Å²) in [5.41, 5.74) is 11.4.